The van der Waals surface area contributed by atoms with Gasteiger partial charge in [-0.05, 0) is 141 Å². The Morgan fingerprint density at radius 2 is 0.931 bits per heavy atom. The molecule has 0 aromatic carbocycles. The molecule has 0 aliphatic rings. The van der Waals surface area contributed by atoms with Crippen LogP contribution in [0.25, 0.3) is 0 Å². The zero-order valence-electron chi connectivity index (χ0n) is 37.8. The summed E-state index contributed by atoms with van der Waals surface area (Å²) < 4.78 is 20.9. The lowest BCUT2D eigenvalue weighted by Gasteiger charge is -2.27. The summed E-state index contributed by atoms with van der Waals surface area (Å²) >= 11 is 0. The highest BCUT2D eigenvalue weighted by atomic mass is 16.6. The van der Waals surface area contributed by atoms with Crippen molar-refractivity contribution >= 4 is 42.2 Å². The Labute approximate surface area is 348 Å². The van der Waals surface area contributed by atoms with E-state index in [1.54, 1.807) is 62.3 Å². The number of hydrogen-bond acceptors (Lipinski definition) is 12. The first kappa shape index (κ1) is 56.1. The number of carbonyl (C=O) groups is 7. The van der Waals surface area contributed by atoms with E-state index in [-0.39, 0.29) is 36.7 Å². The van der Waals surface area contributed by atoms with Gasteiger partial charge in [-0.25, -0.2) is 14.4 Å². The Balaban J connectivity index is 0. The van der Waals surface area contributed by atoms with E-state index in [2.05, 4.69) is 26.0 Å². The summed E-state index contributed by atoms with van der Waals surface area (Å²) in [5, 5.41) is 11.0. The number of hydrogen-bond donors (Lipinski definition) is 5. The molecule has 0 aliphatic carbocycles. The molecule has 0 radical (unpaired) electrons. The third-order valence-corrected chi connectivity index (χ3v) is 7.45. The molecule has 16 nitrogen and oxygen atoms in total. The molecule has 0 aliphatic heterocycles. The van der Waals surface area contributed by atoms with Crippen molar-refractivity contribution in [1.29, 1.82) is 0 Å². The average Bonchev–Trinajstić information content (AvgIpc) is 3.04. The number of nitrogens with two attached hydrogens (primary N) is 1. The van der Waals surface area contributed by atoms with Crippen LogP contribution in [0.2, 0.25) is 0 Å². The van der Waals surface area contributed by atoms with E-state index >= 15 is 0 Å². The predicted octanol–water partition coefficient (Wildman–Crippen LogP) is 5.66. The van der Waals surface area contributed by atoms with Crippen LogP contribution >= 0.6 is 0 Å². The highest BCUT2D eigenvalue weighted by Crippen LogP contribution is 2.15. The molecule has 0 heterocycles. The average molecular weight is 830 g/mol. The fraction of sp³-hybridized carbons (Fsp3) is 0.833. The molecule has 0 saturated carbocycles. The van der Waals surface area contributed by atoms with E-state index in [1.807, 2.05) is 20.8 Å². The van der Waals surface area contributed by atoms with Crippen molar-refractivity contribution in [2.45, 2.75) is 207 Å². The number of unbranched alkanes of at least 4 members (excludes halogenated alkanes) is 6. The minimum Gasteiger partial charge on any atom is -0.462 e. The zero-order valence-corrected chi connectivity index (χ0v) is 37.8. The molecule has 0 saturated heterocycles. The highest BCUT2D eigenvalue weighted by molar-refractivity contribution is 5.87. The van der Waals surface area contributed by atoms with Crippen molar-refractivity contribution in [2.75, 3.05) is 19.6 Å². The van der Waals surface area contributed by atoms with E-state index in [9.17, 15) is 33.6 Å². The molecule has 0 aromatic rings. The van der Waals surface area contributed by atoms with Crippen LogP contribution in [0.4, 0.5) is 4.79 Å². The second-order valence-electron chi connectivity index (χ2n) is 18.2. The quantitative estimate of drug-likeness (QED) is 0.0325. The van der Waals surface area contributed by atoms with Gasteiger partial charge < -0.3 is 45.9 Å². The number of nitrogens with one attached hydrogen (secondary N) is 4. The second-order valence-corrected chi connectivity index (χ2v) is 18.2. The van der Waals surface area contributed by atoms with Gasteiger partial charge in [0.25, 0.3) is 6.47 Å². The van der Waals surface area contributed by atoms with E-state index in [1.165, 1.54) is 0 Å². The van der Waals surface area contributed by atoms with E-state index in [4.69, 9.17) is 19.9 Å². The van der Waals surface area contributed by atoms with Gasteiger partial charge in [-0.3, -0.25) is 19.2 Å². The maximum absolute atomic E-state index is 13.1. The van der Waals surface area contributed by atoms with Crippen LogP contribution in [-0.2, 0) is 47.7 Å². The fourth-order valence-corrected chi connectivity index (χ4v) is 4.88. The van der Waals surface area contributed by atoms with Crippen LogP contribution < -0.4 is 27.0 Å². The first-order valence-corrected chi connectivity index (χ1v) is 20.8. The summed E-state index contributed by atoms with van der Waals surface area (Å²) in [4.78, 5) is 85.2. The van der Waals surface area contributed by atoms with Crippen LogP contribution in [0.3, 0.4) is 0 Å². The summed E-state index contributed by atoms with van der Waals surface area (Å²) in [7, 11) is 0. The van der Waals surface area contributed by atoms with Crippen LogP contribution in [0, 0.1) is 0 Å². The van der Waals surface area contributed by atoms with Crippen LogP contribution in [0.1, 0.15) is 173 Å². The number of amides is 4. The number of rotatable bonds is 25. The van der Waals surface area contributed by atoms with Crippen molar-refractivity contribution < 1.29 is 52.5 Å². The summed E-state index contributed by atoms with van der Waals surface area (Å²) in [5.74, 6) is -1.89. The van der Waals surface area contributed by atoms with Crippen LogP contribution in [0.5, 0.6) is 0 Å². The molecule has 2 atom stereocenters. The Morgan fingerprint density at radius 3 is 1.31 bits per heavy atom. The van der Waals surface area contributed by atoms with Gasteiger partial charge in [-0.2, -0.15) is 0 Å². The van der Waals surface area contributed by atoms with Gasteiger partial charge in [0, 0.05) is 32.4 Å². The molecule has 6 N–H and O–H groups in total. The van der Waals surface area contributed by atoms with E-state index in [0.29, 0.717) is 51.8 Å². The molecule has 58 heavy (non-hydrogen) atoms. The second kappa shape index (κ2) is 29.3. The Bertz CT molecular complexity index is 1230. The van der Waals surface area contributed by atoms with E-state index < -0.39 is 52.8 Å². The van der Waals surface area contributed by atoms with Gasteiger partial charge >= 0.3 is 23.9 Å². The Hall–Kier alpha value is -3.95. The standard InChI is InChI=1S/C37H69N5O9.C5H10O2/c1-35(2,3)49-31(45)23-22-28(33(47)51-37(7,8)9)42-34(48)41-27(32(46)50-36(4,5)6)19-15-18-26-40-30(44)21-14-11-10-13-20-29(43)39-25-17-12-16-24-38;1-5(2,3)7-4-6/h27-28H,10-26,38H2,1-9H3,(H,39,43)(H,40,44)(H2,41,42,48);4H,1-3H3. The van der Waals surface area contributed by atoms with Gasteiger partial charge in [0.2, 0.25) is 11.8 Å². The van der Waals surface area contributed by atoms with Crippen molar-refractivity contribution in [3.8, 4) is 0 Å². The summed E-state index contributed by atoms with van der Waals surface area (Å²) in [5.41, 5.74) is 2.81. The molecule has 0 spiro atoms. The summed E-state index contributed by atoms with van der Waals surface area (Å²) in [6, 6.07) is -2.99. The lowest BCUT2D eigenvalue weighted by atomic mass is 10.1. The molecule has 0 rings (SSSR count). The smallest absolute Gasteiger partial charge is 0.329 e. The number of esters is 3. The summed E-state index contributed by atoms with van der Waals surface area (Å²) in [6.45, 7) is 23.1. The number of ether oxygens (including phenoxy) is 4. The first-order valence-electron chi connectivity index (χ1n) is 20.8. The Kier molecular flexibility index (Phi) is 28.4. The first-order chi connectivity index (χ1) is 26.7. The maximum Gasteiger partial charge on any atom is 0.329 e. The van der Waals surface area contributed by atoms with Gasteiger partial charge in [-0.1, -0.05) is 19.3 Å². The highest BCUT2D eigenvalue weighted by Gasteiger charge is 2.31. The number of carbonyl (C=O) groups excluding carboxylic acids is 7. The minimum atomic E-state index is -1.17. The van der Waals surface area contributed by atoms with Gasteiger partial charge in [0.15, 0.2) is 0 Å². The molecule has 0 fully saturated rings. The molecule has 338 valence electrons. The van der Waals surface area contributed by atoms with Crippen LogP contribution in [0.15, 0.2) is 0 Å². The van der Waals surface area contributed by atoms with Crippen molar-refractivity contribution in [1.82, 2.24) is 21.3 Å². The van der Waals surface area contributed by atoms with Gasteiger partial charge in [0.1, 0.15) is 34.5 Å². The lowest BCUT2D eigenvalue weighted by Crippen LogP contribution is -2.53. The summed E-state index contributed by atoms with van der Waals surface area (Å²) in [6.07, 6.45) is 8.13. The zero-order chi connectivity index (χ0) is 45.0. The maximum atomic E-state index is 13.1. The third-order valence-electron chi connectivity index (χ3n) is 7.45. The topological polar surface area (TPSA) is 231 Å². The minimum absolute atomic E-state index is 0.0607. The van der Waals surface area contributed by atoms with Crippen molar-refractivity contribution in [2.24, 2.45) is 5.73 Å². The lowest BCUT2D eigenvalue weighted by molar-refractivity contribution is -0.159. The third kappa shape index (κ3) is 37.6. The predicted molar refractivity (Wildman–Crippen MR) is 223 cm³/mol. The molecule has 4 amide bonds. The molecular weight excluding hydrogens is 750 g/mol. The largest absolute Gasteiger partial charge is 0.462 e. The molecule has 0 bridgehead atoms. The monoisotopic (exact) mass is 830 g/mol. The molecule has 2 unspecified atom stereocenters. The van der Waals surface area contributed by atoms with Crippen LogP contribution in [-0.4, -0.2) is 96.3 Å². The number of urea groups is 1. The van der Waals surface area contributed by atoms with Gasteiger partial charge in [-0.15, -0.1) is 0 Å². The van der Waals surface area contributed by atoms with Crippen molar-refractivity contribution in [3.63, 3.8) is 0 Å². The van der Waals surface area contributed by atoms with Gasteiger partial charge in [0.05, 0.1) is 0 Å². The van der Waals surface area contributed by atoms with E-state index in [0.717, 1.165) is 44.9 Å². The Morgan fingerprint density at radius 1 is 0.517 bits per heavy atom. The van der Waals surface area contributed by atoms with Crippen molar-refractivity contribution in [3.05, 3.63) is 0 Å². The normalized spacial score (nSPS) is 12.7. The molecule has 16 heteroatoms. The fourth-order valence-electron chi connectivity index (χ4n) is 4.88. The SMILES string of the molecule is CC(C)(C)OC(=O)CCC(NC(=O)NC(CCCCNC(=O)CCCCCCC(=O)NCCCCCN)C(=O)OC(C)(C)C)C(=O)OC(C)(C)C.CC(C)(C)OC=O. The molecular formula is C42H79N5O11. The molecule has 0 aromatic heterocycles.